The van der Waals surface area contributed by atoms with Crippen LogP contribution < -0.4 is 0 Å². The molecule has 0 bridgehead atoms. The summed E-state index contributed by atoms with van der Waals surface area (Å²) in [5.74, 6) is -0.376. The Bertz CT molecular complexity index is 561. The molecule has 0 saturated carbocycles. The molecule has 1 aliphatic heterocycles. The fourth-order valence-corrected chi connectivity index (χ4v) is 4.74. The summed E-state index contributed by atoms with van der Waals surface area (Å²) in [4.78, 5) is 0.187. The van der Waals surface area contributed by atoms with E-state index < -0.39 is 10.0 Å². The molecular formula is C14H20FNO2S. The van der Waals surface area contributed by atoms with E-state index in [-0.39, 0.29) is 22.8 Å². The Kier molecular flexibility index (Phi) is 3.97. The van der Waals surface area contributed by atoms with E-state index in [9.17, 15) is 12.8 Å². The van der Waals surface area contributed by atoms with E-state index in [1.165, 1.54) is 18.2 Å². The van der Waals surface area contributed by atoms with Gasteiger partial charge >= 0.3 is 0 Å². The summed E-state index contributed by atoms with van der Waals surface area (Å²) in [6, 6.07) is 3.99. The molecule has 1 saturated heterocycles. The fourth-order valence-electron chi connectivity index (χ4n) is 2.77. The zero-order valence-corrected chi connectivity index (χ0v) is 12.4. The molecule has 1 aliphatic rings. The first kappa shape index (κ1) is 14.5. The van der Waals surface area contributed by atoms with Crippen LogP contribution in [-0.2, 0) is 10.0 Å². The molecule has 0 spiro atoms. The molecule has 1 aromatic rings. The summed E-state index contributed by atoms with van der Waals surface area (Å²) in [7, 11) is -3.53. The molecule has 0 aliphatic carbocycles. The van der Waals surface area contributed by atoms with Crippen molar-refractivity contribution >= 4 is 10.0 Å². The third-order valence-electron chi connectivity index (χ3n) is 3.82. The number of aryl methyl sites for hydroxylation is 1. The van der Waals surface area contributed by atoms with Gasteiger partial charge in [-0.3, -0.25) is 0 Å². The predicted octanol–water partition coefficient (Wildman–Crippen LogP) is 3.09. The molecule has 1 fully saturated rings. The zero-order chi connectivity index (χ0) is 14.2. The second-order valence-electron chi connectivity index (χ2n) is 5.37. The van der Waals surface area contributed by atoms with Gasteiger partial charge < -0.3 is 0 Å². The van der Waals surface area contributed by atoms with Crippen LogP contribution in [0, 0.1) is 12.7 Å². The van der Waals surface area contributed by atoms with E-state index in [0.29, 0.717) is 5.56 Å². The minimum Gasteiger partial charge on any atom is -0.207 e. The van der Waals surface area contributed by atoms with Crippen molar-refractivity contribution in [2.75, 3.05) is 0 Å². The van der Waals surface area contributed by atoms with Gasteiger partial charge in [-0.15, -0.1) is 0 Å². The Labute approximate surface area is 114 Å². The van der Waals surface area contributed by atoms with Crippen LogP contribution in [0.3, 0.4) is 0 Å². The number of benzene rings is 1. The highest BCUT2D eigenvalue weighted by atomic mass is 32.2. The van der Waals surface area contributed by atoms with Gasteiger partial charge in [-0.05, 0) is 57.4 Å². The lowest BCUT2D eigenvalue weighted by atomic mass is 10.0. The number of hydrogen-bond acceptors (Lipinski definition) is 2. The second kappa shape index (κ2) is 5.21. The Balaban J connectivity index is 2.43. The van der Waals surface area contributed by atoms with Gasteiger partial charge in [0.15, 0.2) is 0 Å². The summed E-state index contributed by atoms with van der Waals surface area (Å²) in [5, 5.41) is 0. The van der Waals surface area contributed by atoms with Crippen LogP contribution in [0.1, 0.15) is 38.7 Å². The highest BCUT2D eigenvalue weighted by Crippen LogP contribution is 2.29. The Morgan fingerprint density at radius 3 is 2.32 bits per heavy atom. The van der Waals surface area contributed by atoms with Gasteiger partial charge in [-0.1, -0.05) is 6.42 Å². The number of nitrogens with zero attached hydrogens (tertiary/aromatic N) is 1. The lowest BCUT2D eigenvalue weighted by Gasteiger charge is -2.37. The van der Waals surface area contributed by atoms with E-state index in [1.54, 1.807) is 11.2 Å². The maximum Gasteiger partial charge on any atom is 0.243 e. The Hall–Kier alpha value is -0.940. The first-order valence-corrected chi connectivity index (χ1v) is 8.07. The number of piperidine rings is 1. The largest absolute Gasteiger partial charge is 0.243 e. The van der Waals surface area contributed by atoms with Crippen LogP contribution in [0.5, 0.6) is 0 Å². The van der Waals surface area contributed by atoms with E-state index in [0.717, 1.165) is 19.3 Å². The molecule has 0 amide bonds. The van der Waals surface area contributed by atoms with Crippen molar-refractivity contribution in [3.63, 3.8) is 0 Å². The molecular weight excluding hydrogens is 265 g/mol. The second-order valence-corrected chi connectivity index (χ2v) is 7.22. The molecule has 0 aromatic heterocycles. The summed E-state index contributed by atoms with van der Waals surface area (Å²) >= 11 is 0. The SMILES string of the molecule is Cc1cc(S(=O)(=O)N2C(C)CCCC2C)ccc1F. The third-order valence-corrected chi connectivity index (χ3v) is 5.94. The van der Waals surface area contributed by atoms with Gasteiger partial charge in [-0.2, -0.15) is 4.31 Å². The maximum absolute atomic E-state index is 13.3. The van der Waals surface area contributed by atoms with E-state index in [4.69, 9.17) is 0 Å². The number of rotatable bonds is 2. The van der Waals surface area contributed by atoms with E-state index in [2.05, 4.69) is 0 Å². The highest BCUT2D eigenvalue weighted by molar-refractivity contribution is 7.89. The topological polar surface area (TPSA) is 37.4 Å². The van der Waals surface area contributed by atoms with Gasteiger partial charge in [0.25, 0.3) is 0 Å². The molecule has 1 aromatic carbocycles. The summed E-state index contributed by atoms with van der Waals surface area (Å²) in [6.07, 6.45) is 2.81. The van der Waals surface area contributed by atoms with Gasteiger partial charge in [-0.25, -0.2) is 12.8 Å². The van der Waals surface area contributed by atoms with Crippen molar-refractivity contribution in [2.45, 2.75) is 57.0 Å². The van der Waals surface area contributed by atoms with Crippen molar-refractivity contribution in [1.82, 2.24) is 4.31 Å². The van der Waals surface area contributed by atoms with E-state index in [1.807, 2.05) is 13.8 Å². The van der Waals surface area contributed by atoms with Crippen molar-refractivity contribution in [2.24, 2.45) is 0 Å². The van der Waals surface area contributed by atoms with Crippen molar-refractivity contribution in [1.29, 1.82) is 0 Å². The first-order chi connectivity index (χ1) is 8.84. The van der Waals surface area contributed by atoms with Crippen molar-refractivity contribution < 1.29 is 12.8 Å². The van der Waals surface area contributed by atoms with Crippen LogP contribution in [0.4, 0.5) is 4.39 Å². The van der Waals surface area contributed by atoms with Crippen LogP contribution >= 0.6 is 0 Å². The van der Waals surface area contributed by atoms with Crippen LogP contribution in [0.15, 0.2) is 23.1 Å². The molecule has 5 heteroatoms. The zero-order valence-electron chi connectivity index (χ0n) is 11.6. The molecule has 2 atom stereocenters. The molecule has 19 heavy (non-hydrogen) atoms. The monoisotopic (exact) mass is 285 g/mol. The lowest BCUT2D eigenvalue weighted by molar-refractivity contribution is 0.204. The molecule has 2 unspecified atom stereocenters. The van der Waals surface area contributed by atoms with Gasteiger partial charge in [0.1, 0.15) is 5.82 Å². The van der Waals surface area contributed by atoms with Crippen LogP contribution in [-0.4, -0.2) is 24.8 Å². The number of halogens is 1. The number of hydrogen-bond donors (Lipinski definition) is 0. The Morgan fingerprint density at radius 2 is 1.79 bits per heavy atom. The Morgan fingerprint density at radius 1 is 1.21 bits per heavy atom. The minimum absolute atomic E-state index is 0.000825. The first-order valence-electron chi connectivity index (χ1n) is 6.63. The number of sulfonamides is 1. The maximum atomic E-state index is 13.3. The average molecular weight is 285 g/mol. The average Bonchev–Trinajstić information content (AvgIpc) is 2.32. The molecule has 3 nitrogen and oxygen atoms in total. The molecule has 1 heterocycles. The molecule has 2 rings (SSSR count). The molecule has 0 radical (unpaired) electrons. The standard InChI is InChI=1S/C14H20FNO2S/c1-10-9-13(7-8-14(10)15)19(17,18)16-11(2)5-4-6-12(16)3/h7-9,11-12H,4-6H2,1-3H3. The summed E-state index contributed by atoms with van der Waals surface area (Å²) in [6.45, 7) is 5.45. The van der Waals surface area contributed by atoms with Gasteiger partial charge in [0.05, 0.1) is 4.90 Å². The minimum atomic E-state index is -3.53. The normalized spacial score (nSPS) is 25.5. The quantitative estimate of drug-likeness (QED) is 0.837. The van der Waals surface area contributed by atoms with Gasteiger partial charge in [0, 0.05) is 12.1 Å². The fraction of sp³-hybridized carbons (Fsp3) is 0.571. The van der Waals surface area contributed by atoms with Crippen LogP contribution in [0.2, 0.25) is 0 Å². The van der Waals surface area contributed by atoms with E-state index >= 15 is 0 Å². The predicted molar refractivity (Wildman–Crippen MR) is 72.9 cm³/mol. The summed E-state index contributed by atoms with van der Waals surface area (Å²) in [5.41, 5.74) is 0.360. The summed E-state index contributed by atoms with van der Waals surface area (Å²) < 4.78 is 40.2. The third kappa shape index (κ3) is 2.67. The van der Waals surface area contributed by atoms with Crippen molar-refractivity contribution in [3.8, 4) is 0 Å². The van der Waals surface area contributed by atoms with Gasteiger partial charge in [0.2, 0.25) is 10.0 Å². The van der Waals surface area contributed by atoms with Crippen LogP contribution in [0.25, 0.3) is 0 Å². The smallest absolute Gasteiger partial charge is 0.207 e. The molecule has 0 N–H and O–H groups in total. The van der Waals surface area contributed by atoms with Crippen molar-refractivity contribution in [3.05, 3.63) is 29.6 Å². The lowest BCUT2D eigenvalue weighted by Crippen LogP contribution is -2.47. The highest BCUT2D eigenvalue weighted by Gasteiger charge is 2.35. The molecule has 106 valence electrons.